The molecule has 0 fully saturated rings. The minimum absolute atomic E-state index is 0.0584. The van der Waals surface area contributed by atoms with Gasteiger partial charge in [0.1, 0.15) is 17.6 Å². The smallest absolute Gasteiger partial charge is 0.407 e. The van der Waals surface area contributed by atoms with Gasteiger partial charge in [-0.15, -0.1) is 6.42 Å². The molecule has 1 heterocycles. The second-order valence-electron chi connectivity index (χ2n) is 15.8. The van der Waals surface area contributed by atoms with E-state index >= 15 is 0 Å². The second kappa shape index (κ2) is 16.8. The van der Waals surface area contributed by atoms with Gasteiger partial charge in [-0.05, 0) is 91.3 Å². The fourth-order valence-electron chi connectivity index (χ4n) is 4.77. The third-order valence-corrected chi connectivity index (χ3v) is 8.41. The monoisotopic (exact) mass is 686 g/mol. The van der Waals surface area contributed by atoms with Gasteiger partial charge < -0.3 is 13.6 Å². The highest BCUT2D eigenvalue weighted by molar-refractivity contribution is 7.42. The van der Waals surface area contributed by atoms with Crippen LogP contribution in [0.15, 0.2) is 24.3 Å². The summed E-state index contributed by atoms with van der Waals surface area (Å²) in [6, 6.07) is 9.07. The molecule has 4 heteroatoms. The number of terminal acetylenes is 1. The molecule has 0 bridgehead atoms. The highest BCUT2D eigenvalue weighted by atomic mass is 31.2. The van der Waals surface area contributed by atoms with Crippen molar-refractivity contribution in [3.05, 3.63) is 57.6 Å². The van der Waals surface area contributed by atoms with Crippen LogP contribution in [0.2, 0.25) is 0 Å². The minimum atomic E-state index is -1.98. The van der Waals surface area contributed by atoms with Crippen LogP contribution in [0.3, 0.4) is 0 Å². The Labute approximate surface area is 308 Å². The third-order valence-electron chi connectivity index (χ3n) is 7.51. The molecule has 2 aromatic rings. The van der Waals surface area contributed by atoms with Crippen LogP contribution in [0.4, 0.5) is 0 Å². The summed E-state index contributed by atoms with van der Waals surface area (Å²) in [6.45, 7) is 26.6. The minimum Gasteiger partial charge on any atom is -0.407 e. The van der Waals surface area contributed by atoms with Gasteiger partial charge in [0.05, 0.1) is 0 Å². The number of hydrogen-bond acceptors (Lipinski definition) is 3. The van der Waals surface area contributed by atoms with Gasteiger partial charge in [0.2, 0.25) is 0 Å². The van der Waals surface area contributed by atoms with Gasteiger partial charge in [-0.2, -0.15) is 0 Å². The molecule has 0 spiro atoms. The average molecular weight is 687 g/mol. The van der Waals surface area contributed by atoms with Gasteiger partial charge in [-0.25, -0.2) is 0 Å². The summed E-state index contributed by atoms with van der Waals surface area (Å²) in [5, 5.41) is 0. The topological polar surface area (TPSA) is 27.7 Å². The zero-order valence-corrected chi connectivity index (χ0v) is 32.7. The van der Waals surface area contributed by atoms with Gasteiger partial charge in [-0.3, -0.25) is 0 Å². The molecule has 0 saturated carbocycles. The summed E-state index contributed by atoms with van der Waals surface area (Å²) < 4.78 is 19.4. The van der Waals surface area contributed by atoms with E-state index in [4.69, 9.17) is 20.0 Å². The number of benzene rings is 2. The van der Waals surface area contributed by atoms with E-state index in [-0.39, 0.29) is 21.7 Å². The molecular weight excluding hydrogens is 643 g/mol. The quantitative estimate of drug-likeness (QED) is 0.221. The standard InChI is InChI=1S/C47H43O3P/c1-14-15-16-17-18-19-20-21-22-23-24-25-26-27-28-29-30-48-51-49-42-36(32-38(44(2,3)4)34-40(42)46(8,9)10)31-37-33-39(45(5,6)7)35-41(43(37)50-51)47(11,12)13/h1,32-35H,31H2,2-13H3. The van der Waals surface area contributed by atoms with Crippen LogP contribution in [-0.4, -0.2) is 0 Å². The van der Waals surface area contributed by atoms with Crippen LogP contribution in [0, 0.1) is 107 Å². The molecule has 0 aliphatic carbocycles. The Bertz CT molecular complexity index is 2160. The fraction of sp³-hybridized carbons (Fsp3) is 0.362. The van der Waals surface area contributed by atoms with Crippen LogP contribution in [-0.2, 0) is 32.6 Å². The lowest BCUT2D eigenvalue weighted by atomic mass is 9.76. The Morgan fingerprint density at radius 3 is 1.14 bits per heavy atom. The first kappa shape index (κ1) is 39.7. The first-order chi connectivity index (χ1) is 23.8. The van der Waals surface area contributed by atoms with Crippen LogP contribution in [0.25, 0.3) is 0 Å². The molecule has 2 aromatic carbocycles. The van der Waals surface area contributed by atoms with Gasteiger partial charge in [-0.1, -0.05) is 107 Å². The molecule has 0 aromatic heterocycles. The van der Waals surface area contributed by atoms with E-state index in [1.165, 1.54) is 11.1 Å². The van der Waals surface area contributed by atoms with Crippen LogP contribution in [0.5, 0.6) is 11.5 Å². The van der Waals surface area contributed by atoms with E-state index in [1.54, 1.807) is 0 Å². The van der Waals surface area contributed by atoms with E-state index in [1.807, 2.05) is 0 Å². The van der Waals surface area contributed by atoms with Crippen molar-refractivity contribution in [3.8, 4) is 119 Å². The molecule has 0 atom stereocenters. The fourth-order valence-corrected chi connectivity index (χ4v) is 5.74. The summed E-state index contributed by atoms with van der Waals surface area (Å²) in [7, 11) is -1.98. The molecule has 1 aliphatic rings. The van der Waals surface area contributed by atoms with Gasteiger partial charge in [0.25, 0.3) is 0 Å². The van der Waals surface area contributed by atoms with Crippen molar-refractivity contribution in [2.24, 2.45) is 0 Å². The third kappa shape index (κ3) is 12.0. The molecule has 3 nitrogen and oxygen atoms in total. The van der Waals surface area contributed by atoms with Gasteiger partial charge in [0.15, 0.2) is 0 Å². The molecule has 254 valence electrons. The lowest BCUT2D eigenvalue weighted by Crippen LogP contribution is -2.22. The van der Waals surface area contributed by atoms with Crippen LogP contribution < -0.4 is 9.05 Å². The number of rotatable bonds is 1. The highest BCUT2D eigenvalue weighted by Gasteiger charge is 2.35. The van der Waals surface area contributed by atoms with E-state index in [0.717, 1.165) is 33.8 Å². The van der Waals surface area contributed by atoms with Crippen molar-refractivity contribution in [3.63, 3.8) is 0 Å². The van der Waals surface area contributed by atoms with E-state index in [0.29, 0.717) is 6.42 Å². The van der Waals surface area contributed by atoms with Crippen molar-refractivity contribution in [2.45, 2.75) is 111 Å². The molecule has 0 N–H and O–H groups in total. The Balaban J connectivity index is 2.03. The van der Waals surface area contributed by atoms with Gasteiger partial charge in [0, 0.05) is 64.9 Å². The highest BCUT2D eigenvalue weighted by Crippen LogP contribution is 2.53. The average Bonchev–Trinajstić information content (AvgIpc) is 3.00. The lowest BCUT2D eigenvalue weighted by molar-refractivity contribution is 0.355. The molecule has 0 saturated heterocycles. The van der Waals surface area contributed by atoms with E-state index in [2.05, 4.69) is 208 Å². The summed E-state index contributed by atoms with van der Waals surface area (Å²) in [4.78, 5) is 0. The summed E-state index contributed by atoms with van der Waals surface area (Å²) in [5.74, 6) is 42.1. The second-order valence-corrected chi connectivity index (χ2v) is 16.8. The molecule has 1 aliphatic heterocycles. The molecule has 3 rings (SSSR count). The first-order valence-corrected chi connectivity index (χ1v) is 17.6. The molecule has 0 amide bonds. The van der Waals surface area contributed by atoms with Crippen LogP contribution >= 0.6 is 8.60 Å². The van der Waals surface area contributed by atoms with E-state index in [9.17, 15) is 0 Å². The Morgan fingerprint density at radius 2 is 0.824 bits per heavy atom. The van der Waals surface area contributed by atoms with Crippen molar-refractivity contribution >= 4 is 8.60 Å². The largest absolute Gasteiger partial charge is 0.539 e. The lowest BCUT2D eigenvalue weighted by Gasteiger charge is -2.34. The number of hydrogen-bond donors (Lipinski definition) is 0. The summed E-state index contributed by atoms with van der Waals surface area (Å²) in [5.41, 5.74) is 6.36. The summed E-state index contributed by atoms with van der Waals surface area (Å²) >= 11 is 0. The maximum Gasteiger partial charge on any atom is 0.539 e. The maximum atomic E-state index is 6.69. The zero-order valence-electron chi connectivity index (χ0n) is 31.8. The van der Waals surface area contributed by atoms with Crippen molar-refractivity contribution < 1.29 is 13.6 Å². The Hall–Kier alpha value is -5.69. The predicted octanol–water partition coefficient (Wildman–Crippen LogP) is 9.10. The van der Waals surface area contributed by atoms with Crippen LogP contribution in [0.1, 0.15) is 116 Å². The number of fused-ring (bicyclic) bond motifs is 2. The Morgan fingerprint density at radius 1 is 0.490 bits per heavy atom. The molecule has 0 unspecified atom stereocenters. The summed E-state index contributed by atoms with van der Waals surface area (Å²) in [6.07, 6.45) is 8.34. The predicted molar refractivity (Wildman–Crippen MR) is 211 cm³/mol. The SMILES string of the molecule is C#CC#CC#CC#CC#CC#CC#CC#CC#COP1Oc2c(cc(C(C)(C)C)cc2C(C)(C)C)Cc2cc(C(C)(C)C)cc(C(C)(C)C)c2O1. The zero-order chi connectivity index (χ0) is 37.9. The van der Waals surface area contributed by atoms with Crippen molar-refractivity contribution in [1.29, 1.82) is 0 Å². The van der Waals surface area contributed by atoms with Crippen molar-refractivity contribution in [2.75, 3.05) is 0 Å². The maximum absolute atomic E-state index is 6.69. The molecule has 51 heavy (non-hydrogen) atoms. The molecular formula is C47H43O3P. The Kier molecular flexibility index (Phi) is 13.1. The first-order valence-electron chi connectivity index (χ1n) is 16.5. The van der Waals surface area contributed by atoms with Gasteiger partial charge >= 0.3 is 8.60 Å². The van der Waals surface area contributed by atoms with E-state index < -0.39 is 8.60 Å². The normalized spacial score (nSPS) is 11.6. The van der Waals surface area contributed by atoms with Crippen molar-refractivity contribution in [1.82, 2.24) is 0 Å². The molecule has 0 radical (unpaired) electrons.